The van der Waals surface area contributed by atoms with Gasteiger partial charge in [0.25, 0.3) is 0 Å². The Morgan fingerprint density at radius 1 is 1.40 bits per heavy atom. The average Bonchev–Trinajstić information content (AvgIpc) is 2.14. The number of aliphatic carboxylic acids is 1. The molecule has 0 fully saturated rings. The predicted molar refractivity (Wildman–Crippen MR) is 62.1 cm³/mol. The number of hydrogen-bond donors (Lipinski definition) is 2. The van der Waals surface area contributed by atoms with Crippen LogP contribution < -0.4 is 5.32 Å². The molecule has 15 heavy (non-hydrogen) atoms. The summed E-state index contributed by atoms with van der Waals surface area (Å²) in [5.41, 5.74) is 0. The van der Waals surface area contributed by atoms with Gasteiger partial charge in [0.15, 0.2) is 0 Å². The molecule has 88 valence electrons. The van der Waals surface area contributed by atoms with Gasteiger partial charge >= 0.3 is 5.97 Å². The molecule has 4 nitrogen and oxygen atoms in total. The topological polar surface area (TPSA) is 66.4 Å². The lowest BCUT2D eigenvalue weighted by Crippen LogP contribution is -2.41. The summed E-state index contributed by atoms with van der Waals surface area (Å²) < 4.78 is 0. The first-order chi connectivity index (χ1) is 6.97. The van der Waals surface area contributed by atoms with Gasteiger partial charge in [0.1, 0.15) is 6.04 Å². The second kappa shape index (κ2) is 7.56. The van der Waals surface area contributed by atoms with Crippen LogP contribution in [0.2, 0.25) is 0 Å². The zero-order valence-electron chi connectivity index (χ0n) is 9.45. The van der Waals surface area contributed by atoms with Crippen molar-refractivity contribution in [2.45, 2.75) is 44.9 Å². The van der Waals surface area contributed by atoms with Gasteiger partial charge in [-0.15, -0.1) is 11.8 Å². The number of carbonyl (C=O) groups excluding carboxylic acids is 1. The van der Waals surface area contributed by atoms with E-state index in [0.717, 1.165) is 6.42 Å². The Bertz CT molecular complexity index is 219. The van der Waals surface area contributed by atoms with E-state index in [1.54, 1.807) is 0 Å². The lowest BCUT2D eigenvalue weighted by molar-refractivity contribution is -0.141. The summed E-state index contributed by atoms with van der Waals surface area (Å²) in [6.07, 6.45) is 1.22. The van der Waals surface area contributed by atoms with E-state index in [9.17, 15) is 9.59 Å². The van der Waals surface area contributed by atoms with Gasteiger partial charge < -0.3 is 10.4 Å². The van der Waals surface area contributed by atoms with E-state index >= 15 is 0 Å². The van der Waals surface area contributed by atoms with E-state index in [1.807, 2.05) is 20.8 Å². The molecule has 0 aliphatic rings. The maximum absolute atomic E-state index is 11.3. The molecular formula is C10H19NO3S. The Kier molecular flexibility index (Phi) is 7.21. The molecule has 0 unspecified atom stereocenters. The van der Waals surface area contributed by atoms with E-state index in [-0.39, 0.29) is 5.91 Å². The monoisotopic (exact) mass is 233 g/mol. The average molecular weight is 233 g/mol. The molecule has 0 heterocycles. The number of hydrogen-bond acceptors (Lipinski definition) is 3. The first-order valence-electron chi connectivity index (χ1n) is 5.11. The summed E-state index contributed by atoms with van der Waals surface area (Å²) in [6.45, 7) is 5.89. The third-order valence-corrected chi connectivity index (χ3v) is 2.85. The Labute approximate surface area is 94.8 Å². The van der Waals surface area contributed by atoms with Crippen LogP contribution in [-0.4, -0.2) is 34.0 Å². The van der Waals surface area contributed by atoms with Crippen molar-refractivity contribution < 1.29 is 14.7 Å². The van der Waals surface area contributed by atoms with Gasteiger partial charge in [0.2, 0.25) is 5.91 Å². The number of carbonyl (C=O) groups is 2. The minimum absolute atomic E-state index is 0.199. The van der Waals surface area contributed by atoms with Crippen molar-refractivity contribution in [2.75, 3.05) is 5.75 Å². The Hall–Kier alpha value is -0.710. The lowest BCUT2D eigenvalue weighted by Gasteiger charge is -2.13. The van der Waals surface area contributed by atoms with Crippen LogP contribution in [0.3, 0.4) is 0 Å². The largest absolute Gasteiger partial charge is 0.480 e. The molecule has 0 aliphatic carbocycles. The number of nitrogens with one attached hydrogen (secondary N) is 1. The molecule has 5 heteroatoms. The zero-order chi connectivity index (χ0) is 11.8. The van der Waals surface area contributed by atoms with Gasteiger partial charge in [-0.05, 0) is 11.7 Å². The van der Waals surface area contributed by atoms with Crippen molar-refractivity contribution >= 4 is 23.6 Å². The fourth-order valence-corrected chi connectivity index (χ4v) is 1.59. The van der Waals surface area contributed by atoms with Gasteiger partial charge in [-0.3, -0.25) is 4.79 Å². The van der Waals surface area contributed by atoms with Crippen molar-refractivity contribution in [3.63, 3.8) is 0 Å². The van der Waals surface area contributed by atoms with Gasteiger partial charge in [0.05, 0.1) is 5.75 Å². The Morgan fingerprint density at radius 2 is 2.00 bits per heavy atom. The van der Waals surface area contributed by atoms with Gasteiger partial charge in [0, 0.05) is 0 Å². The maximum atomic E-state index is 11.3. The fourth-order valence-electron chi connectivity index (χ4n) is 1.02. The number of amides is 1. The standard InChI is InChI=1S/C10H19NO3S/c1-4-5-8(10(13)14)11-9(12)6-15-7(2)3/h7-8H,4-6H2,1-3H3,(H,11,12)(H,13,14)/t8-/m1/s1. The lowest BCUT2D eigenvalue weighted by atomic mass is 10.2. The normalized spacial score (nSPS) is 12.5. The van der Waals surface area contributed by atoms with E-state index < -0.39 is 12.0 Å². The number of carboxylic acid groups (broad SMARTS) is 1. The van der Waals surface area contributed by atoms with Crippen LogP contribution in [0.1, 0.15) is 33.6 Å². The highest BCUT2D eigenvalue weighted by Gasteiger charge is 2.18. The van der Waals surface area contributed by atoms with Crippen molar-refractivity contribution in [3.8, 4) is 0 Å². The third kappa shape index (κ3) is 7.25. The molecule has 0 radical (unpaired) electrons. The zero-order valence-corrected chi connectivity index (χ0v) is 10.3. The van der Waals surface area contributed by atoms with Crippen molar-refractivity contribution in [2.24, 2.45) is 0 Å². The molecule has 0 rings (SSSR count). The highest BCUT2D eigenvalue weighted by Crippen LogP contribution is 2.08. The van der Waals surface area contributed by atoms with Crippen molar-refractivity contribution in [3.05, 3.63) is 0 Å². The van der Waals surface area contributed by atoms with Crippen LogP contribution >= 0.6 is 11.8 Å². The number of thioether (sulfide) groups is 1. The summed E-state index contributed by atoms with van der Waals surface area (Å²) >= 11 is 1.51. The van der Waals surface area contributed by atoms with Gasteiger partial charge in [-0.2, -0.15) is 0 Å². The van der Waals surface area contributed by atoms with Crippen molar-refractivity contribution in [1.29, 1.82) is 0 Å². The molecule has 1 amide bonds. The summed E-state index contributed by atoms with van der Waals surface area (Å²) in [4.78, 5) is 22.1. The fraction of sp³-hybridized carbons (Fsp3) is 0.800. The SMILES string of the molecule is CCC[C@@H](NC(=O)CSC(C)C)C(=O)O. The predicted octanol–water partition coefficient (Wildman–Crippen LogP) is 1.50. The summed E-state index contributed by atoms with van der Waals surface area (Å²) in [5.74, 6) is -0.833. The molecule has 0 aromatic rings. The van der Waals surface area contributed by atoms with Crippen LogP contribution in [0.5, 0.6) is 0 Å². The Morgan fingerprint density at radius 3 is 2.40 bits per heavy atom. The highest BCUT2D eigenvalue weighted by atomic mass is 32.2. The smallest absolute Gasteiger partial charge is 0.326 e. The van der Waals surface area contributed by atoms with Crippen molar-refractivity contribution in [1.82, 2.24) is 5.32 Å². The second-order valence-corrected chi connectivity index (χ2v) is 5.17. The quantitative estimate of drug-likeness (QED) is 0.699. The summed E-state index contributed by atoms with van der Waals surface area (Å²) in [5, 5.41) is 11.7. The van der Waals surface area contributed by atoms with E-state index in [0.29, 0.717) is 17.4 Å². The van der Waals surface area contributed by atoms with Crippen LogP contribution in [0.4, 0.5) is 0 Å². The third-order valence-electron chi connectivity index (χ3n) is 1.76. The molecule has 0 aromatic heterocycles. The maximum Gasteiger partial charge on any atom is 0.326 e. The van der Waals surface area contributed by atoms with Gasteiger partial charge in [-0.1, -0.05) is 27.2 Å². The minimum atomic E-state index is -0.959. The molecule has 1 atom stereocenters. The van der Waals surface area contributed by atoms with E-state index in [2.05, 4.69) is 5.32 Å². The van der Waals surface area contributed by atoms with Crippen LogP contribution in [-0.2, 0) is 9.59 Å². The molecule has 0 spiro atoms. The summed E-state index contributed by atoms with van der Waals surface area (Å²) in [6, 6.07) is -0.740. The Balaban J connectivity index is 3.94. The molecular weight excluding hydrogens is 214 g/mol. The first-order valence-corrected chi connectivity index (χ1v) is 6.16. The summed E-state index contributed by atoms with van der Waals surface area (Å²) in [7, 11) is 0. The van der Waals surface area contributed by atoms with E-state index in [1.165, 1.54) is 11.8 Å². The van der Waals surface area contributed by atoms with E-state index in [4.69, 9.17) is 5.11 Å². The molecule has 0 bridgehead atoms. The molecule has 2 N–H and O–H groups in total. The first kappa shape index (κ1) is 14.3. The van der Waals surface area contributed by atoms with Crippen LogP contribution in [0.15, 0.2) is 0 Å². The molecule has 0 aromatic carbocycles. The highest BCUT2D eigenvalue weighted by molar-refractivity contribution is 8.00. The molecule has 0 saturated heterocycles. The number of carboxylic acids is 1. The minimum Gasteiger partial charge on any atom is -0.480 e. The van der Waals surface area contributed by atoms with Crippen LogP contribution in [0.25, 0.3) is 0 Å². The second-order valence-electron chi connectivity index (χ2n) is 3.61. The molecule has 0 saturated carbocycles. The number of rotatable bonds is 7. The molecule has 0 aliphatic heterocycles. The van der Waals surface area contributed by atoms with Crippen LogP contribution in [0, 0.1) is 0 Å². The van der Waals surface area contributed by atoms with Gasteiger partial charge in [-0.25, -0.2) is 4.79 Å².